The van der Waals surface area contributed by atoms with E-state index in [4.69, 9.17) is 14.6 Å². The van der Waals surface area contributed by atoms with Crippen molar-refractivity contribution >= 4 is 0 Å². The molecule has 0 bridgehead atoms. The van der Waals surface area contributed by atoms with Crippen LogP contribution in [0, 0.1) is 5.92 Å². The van der Waals surface area contributed by atoms with E-state index >= 15 is 0 Å². The number of aliphatic hydroxyl groups is 2. The van der Waals surface area contributed by atoms with E-state index in [-0.39, 0.29) is 18.8 Å². The highest BCUT2D eigenvalue weighted by molar-refractivity contribution is 4.74. The standard InChI is InChI=1S/C14H29NO4/c1-11-5-3-4-6-14(11)19-10-13(17)7-15-12(8-16)9-18-2/h11-17H,3-10H2,1-2H3. The van der Waals surface area contributed by atoms with Gasteiger partial charge in [0.2, 0.25) is 0 Å². The Kier molecular flexibility index (Phi) is 8.57. The molecule has 1 rings (SSSR count). The number of methoxy groups -OCH3 is 1. The first-order valence-corrected chi connectivity index (χ1v) is 7.30. The minimum atomic E-state index is -0.542. The molecule has 1 aliphatic carbocycles. The van der Waals surface area contributed by atoms with Gasteiger partial charge in [0.05, 0.1) is 38.1 Å². The fourth-order valence-corrected chi connectivity index (χ4v) is 2.50. The molecule has 0 aromatic carbocycles. The van der Waals surface area contributed by atoms with Crippen LogP contribution in [0.25, 0.3) is 0 Å². The summed E-state index contributed by atoms with van der Waals surface area (Å²) in [5.74, 6) is 0.590. The predicted molar refractivity (Wildman–Crippen MR) is 74.1 cm³/mol. The molecule has 0 heterocycles. The third-order valence-corrected chi connectivity index (χ3v) is 3.77. The topological polar surface area (TPSA) is 71.0 Å². The smallest absolute Gasteiger partial charge is 0.0897 e. The maximum absolute atomic E-state index is 9.87. The van der Waals surface area contributed by atoms with Gasteiger partial charge in [-0.05, 0) is 18.8 Å². The molecule has 1 aliphatic rings. The molecule has 114 valence electrons. The van der Waals surface area contributed by atoms with E-state index in [1.54, 1.807) is 7.11 Å². The van der Waals surface area contributed by atoms with Crippen molar-refractivity contribution in [3.8, 4) is 0 Å². The Labute approximate surface area is 116 Å². The number of aliphatic hydroxyl groups excluding tert-OH is 2. The maximum Gasteiger partial charge on any atom is 0.0897 e. The summed E-state index contributed by atoms with van der Waals surface area (Å²) in [4.78, 5) is 0. The van der Waals surface area contributed by atoms with E-state index < -0.39 is 6.10 Å². The summed E-state index contributed by atoms with van der Waals surface area (Å²) in [5, 5.41) is 22.0. The van der Waals surface area contributed by atoms with Gasteiger partial charge in [0.1, 0.15) is 0 Å². The van der Waals surface area contributed by atoms with E-state index in [9.17, 15) is 5.11 Å². The van der Waals surface area contributed by atoms with Gasteiger partial charge < -0.3 is 25.0 Å². The molecule has 1 saturated carbocycles. The summed E-state index contributed by atoms with van der Waals surface area (Å²) >= 11 is 0. The first kappa shape index (κ1) is 16.9. The Morgan fingerprint density at radius 1 is 1.26 bits per heavy atom. The van der Waals surface area contributed by atoms with E-state index in [0.29, 0.717) is 25.7 Å². The van der Waals surface area contributed by atoms with Gasteiger partial charge in [-0.3, -0.25) is 0 Å². The highest BCUT2D eigenvalue weighted by Gasteiger charge is 2.22. The van der Waals surface area contributed by atoms with Gasteiger partial charge in [-0.15, -0.1) is 0 Å². The second-order valence-corrected chi connectivity index (χ2v) is 5.53. The van der Waals surface area contributed by atoms with Crippen LogP contribution in [0.15, 0.2) is 0 Å². The summed E-state index contributed by atoms with van der Waals surface area (Å²) in [5.41, 5.74) is 0. The predicted octanol–water partition coefficient (Wildman–Crippen LogP) is 0.540. The molecule has 0 aromatic rings. The van der Waals surface area contributed by atoms with Crippen LogP contribution in [-0.2, 0) is 9.47 Å². The SMILES string of the molecule is COCC(CO)NCC(O)COC1CCCCC1C. The number of nitrogens with one attached hydrogen (secondary N) is 1. The molecule has 3 N–H and O–H groups in total. The van der Waals surface area contributed by atoms with Gasteiger partial charge in [-0.25, -0.2) is 0 Å². The second kappa shape index (κ2) is 9.66. The maximum atomic E-state index is 9.87. The minimum Gasteiger partial charge on any atom is -0.395 e. The molecular formula is C14H29NO4. The van der Waals surface area contributed by atoms with Crippen LogP contribution in [0.5, 0.6) is 0 Å². The minimum absolute atomic E-state index is 0.00107. The first-order valence-electron chi connectivity index (χ1n) is 7.30. The lowest BCUT2D eigenvalue weighted by atomic mass is 9.88. The van der Waals surface area contributed by atoms with Crippen molar-refractivity contribution in [3.63, 3.8) is 0 Å². The molecule has 0 aliphatic heterocycles. The van der Waals surface area contributed by atoms with Gasteiger partial charge in [-0.2, -0.15) is 0 Å². The average molecular weight is 275 g/mol. The third-order valence-electron chi connectivity index (χ3n) is 3.77. The molecule has 19 heavy (non-hydrogen) atoms. The molecule has 1 fully saturated rings. The van der Waals surface area contributed by atoms with E-state index in [1.165, 1.54) is 19.3 Å². The summed E-state index contributed by atoms with van der Waals surface area (Å²) in [6.45, 7) is 3.42. The Hall–Kier alpha value is -0.200. The second-order valence-electron chi connectivity index (χ2n) is 5.53. The van der Waals surface area contributed by atoms with Crippen molar-refractivity contribution in [2.75, 3.05) is 33.5 Å². The lowest BCUT2D eigenvalue weighted by Crippen LogP contribution is -2.42. The zero-order valence-corrected chi connectivity index (χ0v) is 12.2. The van der Waals surface area contributed by atoms with Crippen LogP contribution < -0.4 is 5.32 Å². The summed E-state index contributed by atoms with van der Waals surface area (Å²) < 4.78 is 10.8. The van der Waals surface area contributed by atoms with Gasteiger partial charge in [0.25, 0.3) is 0 Å². The van der Waals surface area contributed by atoms with Crippen molar-refractivity contribution in [2.24, 2.45) is 5.92 Å². The Morgan fingerprint density at radius 2 is 2.00 bits per heavy atom. The zero-order chi connectivity index (χ0) is 14.1. The molecule has 0 spiro atoms. The van der Waals surface area contributed by atoms with Crippen LogP contribution in [0.1, 0.15) is 32.6 Å². The van der Waals surface area contributed by atoms with Gasteiger partial charge in [0, 0.05) is 13.7 Å². The first-order chi connectivity index (χ1) is 9.17. The fourth-order valence-electron chi connectivity index (χ4n) is 2.50. The van der Waals surface area contributed by atoms with Gasteiger partial charge in [-0.1, -0.05) is 19.8 Å². The summed E-state index contributed by atoms with van der Waals surface area (Å²) in [6, 6.07) is -0.131. The number of hydrogen-bond acceptors (Lipinski definition) is 5. The van der Waals surface area contributed by atoms with Crippen molar-refractivity contribution in [3.05, 3.63) is 0 Å². The Morgan fingerprint density at radius 3 is 2.63 bits per heavy atom. The van der Waals surface area contributed by atoms with Crippen LogP contribution in [-0.4, -0.2) is 61.9 Å². The molecular weight excluding hydrogens is 246 g/mol. The van der Waals surface area contributed by atoms with Crippen LogP contribution in [0.2, 0.25) is 0 Å². The lowest BCUT2D eigenvalue weighted by molar-refractivity contribution is -0.0464. The quantitative estimate of drug-likeness (QED) is 0.573. The highest BCUT2D eigenvalue weighted by atomic mass is 16.5. The van der Waals surface area contributed by atoms with E-state index in [2.05, 4.69) is 12.2 Å². The number of hydrogen-bond donors (Lipinski definition) is 3. The fraction of sp³-hybridized carbons (Fsp3) is 1.00. The number of ether oxygens (including phenoxy) is 2. The molecule has 0 radical (unpaired) electrons. The average Bonchev–Trinajstić information content (AvgIpc) is 2.42. The van der Waals surface area contributed by atoms with Gasteiger partial charge in [0.15, 0.2) is 0 Å². The van der Waals surface area contributed by atoms with Crippen molar-refractivity contribution < 1.29 is 19.7 Å². The van der Waals surface area contributed by atoms with Crippen LogP contribution in [0.4, 0.5) is 0 Å². The molecule has 0 aromatic heterocycles. The van der Waals surface area contributed by atoms with E-state index in [0.717, 1.165) is 6.42 Å². The van der Waals surface area contributed by atoms with Crippen LogP contribution in [0.3, 0.4) is 0 Å². The highest BCUT2D eigenvalue weighted by Crippen LogP contribution is 2.26. The summed E-state index contributed by atoms with van der Waals surface area (Å²) in [7, 11) is 1.59. The lowest BCUT2D eigenvalue weighted by Gasteiger charge is -2.29. The molecule has 4 unspecified atom stereocenters. The van der Waals surface area contributed by atoms with E-state index in [1.807, 2.05) is 0 Å². The molecule has 0 amide bonds. The van der Waals surface area contributed by atoms with Gasteiger partial charge >= 0.3 is 0 Å². The normalized spacial score (nSPS) is 27.2. The van der Waals surface area contributed by atoms with Crippen LogP contribution >= 0.6 is 0 Å². The molecule has 4 atom stereocenters. The van der Waals surface area contributed by atoms with Crippen molar-refractivity contribution in [1.82, 2.24) is 5.32 Å². The molecule has 5 nitrogen and oxygen atoms in total. The molecule has 0 saturated heterocycles. The zero-order valence-electron chi connectivity index (χ0n) is 12.2. The third kappa shape index (κ3) is 6.68. The van der Waals surface area contributed by atoms with Crippen molar-refractivity contribution in [1.29, 1.82) is 0 Å². The Balaban J connectivity index is 2.14. The Bertz CT molecular complexity index is 227. The summed E-state index contributed by atoms with van der Waals surface area (Å²) in [6.07, 6.45) is 4.59. The largest absolute Gasteiger partial charge is 0.395 e. The monoisotopic (exact) mass is 275 g/mol. The van der Waals surface area contributed by atoms with Crippen molar-refractivity contribution in [2.45, 2.75) is 50.9 Å². The molecule has 5 heteroatoms. The number of rotatable bonds is 9.